The third-order valence-corrected chi connectivity index (χ3v) is 3.23. The second-order valence-electron chi connectivity index (χ2n) is 4.69. The zero-order valence-corrected chi connectivity index (χ0v) is 9.87. The molecule has 1 aromatic heterocycles. The van der Waals surface area contributed by atoms with Crippen molar-refractivity contribution in [2.75, 3.05) is 23.7 Å². The van der Waals surface area contributed by atoms with Crippen LogP contribution in [0.4, 0.5) is 20.3 Å². The van der Waals surface area contributed by atoms with Gasteiger partial charge in [0, 0.05) is 19.0 Å². The summed E-state index contributed by atoms with van der Waals surface area (Å²) in [6.45, 7) is 2.14. The predicted octanol–water partition coefficient (Wildman–Crippen LogP) is 2.54. The maximum atomic E-state index is 13.3. The van der Waals surface area contributed by atoms with Gasteiger partial charge in [0.05, 0.1) is 11.9 Å². The van der Waals surface area contributed by atoms with E-state index in [-0.39, 0.29) is 0 Å². The van der Waals surface area contributed by atoms with Gasteiger partial charge in [0.2, 0.25) is 5.92 Å². The largest absolute Gasteiger partial charge is 0.397 e. The van der Waals surface area contributed by atoms with Gasteiger partial charge < -0.3 is 10.6 Å². The molecule has 3 nitrogen and oxygen atoms in total. The molecule has 1 aromatic rings. The topological polar surface area (TPSA) is 42.1 Å². The molecule has 0 radical (unpaired) electrons. The van der Waals surface area contributed by atoms with Crippen LogP contribution in [0.1, 0.15) is 19.8 Å². The number of nitrogen functional groups attached to an aromatic ring is 1. The first-order valence-electron chi connectivity index (χ1n) is 5.81. The molecule has 94 valence electrons. The molecule has 2 rings (SSSR count). The molecule has 0 bridgehead atoms. The summed E-state index contributed by atoms with van der Waals surface area (Å²) in [4.78, 5) is 6.08. The molecule has 1 saturated heterocycles. The molecule has 0 saturated carbocycles. The maximum absolute atomic E-state index is 13.3. The van der Waals surface area contributed by atoms with Crippen LogP contribution in [0.2, 0.25) is 0 Å². The SMILES string of the molecule is CC(F)(F)[C@H]1CCCN(c2ccc(N)cn2)C1. The molecule has 1 atom stereocenters. The lowest BCUT2D eigenvalue weighted by molar-refractivity contribution is -0.0440. The molecule has 1 fully saturated rings. The van der Waals surface area contributed by atoms with Crippen LogP contribution in [0, 0.1) is 5.92 Å². The van der Waals surface area contributed by atoms with Crippen LogP contribution < -0.4 is 10.6 Å². The van der Waals surface area contributed by atoms with Gasteiger partial charge >= 0.3 is 0 Å². The first kappa shape index (κ1) is 12.1. The molecule has 0 aromatic carbocycles. The summed E-state index contributed by atoms with van der Waals surface area (Å²) in [5, 5.41) is 0. The van der Waals surface area contributed by atoms with Crippen molar-refractivity contribution >= 4 is 11.5 Å². The minimum atomic E-state index is -2.62. The van der Waals surface area contributed by atoms with Gasteiger partial charge in [0.25, 0.3) is 0 Å². The fraction of sp³-hybridized carbons (Fsp3) is 0.583. The fourth-order valence-electron chi connectivity index (χ4n) is 2.18. The standard InChI is InChI=1S/C12H17F2N3/c1-12(13,14)9-3-2-6-17(8-9)11-5-4-10(15)7-16-11/h4-5,7,9H,2-3,6,8,15H2,1H3/t9-/m0/s1. The minimum absolute atomic E-state index is 0.362. The molecule has 2 heterocycles. The van der Waals surface area contributed by atoms with Crippen molar-refractivity contribution in [2.45, 2.75) is 25.7 Å². The molecule has 1 aliphatic heterocycles. The number of aromatic nitrogens is 1. The molecule has 2 N–H and O–H groups in total. The number of anilines is 2. The third-order valence-electron chi connectivity index (χ3n) is 3.23. The zero-order valence-electron chi connectivity index (χ0n) is 9.87. The lowest BCUT2D eigenvalue weighted by Gasteiger charge is -2.36. The highest BCUT2D eigenvalue weighted by molar-refractivity contribution is 5.46. The maximum Gasteiger partial charge on any atom is 0.249 e. The second-order valence-corrected chi connectivity index (χ2v) is 4.69. The Bertz CT molecular complexity index is 372. The normalized spacial score (nSPS) is 21.6. The highest BCUT2D eigenvalue weighted by Gasteiger charge is 2.37. The van der Waals surface area contributed by atoms with E-state index in [4.69, 9.17) is 5.73 Å². The van der Waals surface area contributed by atoms with Gasteiger partial charge in [-0.05, 0) is 31.9 Å². The van der Waals surface area contributed by atoms with Crippen molar-refractivity contribution in [3.63, 3.8) is 0 Å². The first-order valence-corrected chi connectivity index (χ1v) is 5.81. The van der Waals surface area contributed by atoms with Gasteiger partial charge in [0.1, 0.15) is 5.82 Å². The van der Waals surface area contributed by atoms with Crippen molar-refractivity contribution in [2.24, 2.45) is 5.92 Å². The number of nitrogens with zero attached hydrogens (tertiary/aromatic N) is 2. The Balaban J connectivity index is 2.09. The summed E-state index contributed by atoms with van der Waals surface area (Å²) in [7, 11) is 0. The Kier molecular flexibility index (Phi) is 3.17. The number of hydrogen-bond acceptors (Lipinski definition) is 3. The predicted molar refractivity (Wildman–Crippen MR) is 64.2 cm³/mol. The van der Waals surface area contributed by atoms with E-state index in [0.717, 1.165) is 25.7 Å². The van der Waals surface area contributed by atoms with E-state index in [1.165, 1.54) is 0 Å². The van der Waals surface area contributed by atoms with E-state index in [2.05, 4.69) is 4.98 Å². The number of alkyl halides is 2. The van der Waals surface area contributed by atoms with Gasteiger partial charge in [-0.15, -0.1) is 0 Å². The van der Waals surface area contributed by atoms with Gasteiger partial charge in [-0.3, -0.25) is 0 Å². The summed E-state index contributed by atoms with van der Waals surface area (Å²) < 4.78 is 26.6. The van der Waals surface area contributed by atoms with E-state index < -0.39 is 11.8 Å². The van der Waals surface area contributed by atoms with Crippen LogP contribution in [0.15, 0.2) is 18.3 Å². The molecular formula is C12H17F2N3. The fourth-order valence-corrected chi connectivity index (χ4v) is 2.18. The highest BCUT2D eigenvalue weighted by Crippen LogP contribution is 2.32. The zero-order chi connectivity index (χ0) is 12.5. The molecular weight excluding hydrogens is 224 g/mol. The van der Waals surface area contributed by atoms with Gasteiger partial charge in [-0.1, -0.05) is 0 Å². The lowest BCUT2D eigenvalue weighted by atomic mass is 9.92. The van der Waals surface area contributed by atoms with Crippen LogP contribution in [-0.4, -0.2) is 24.0 Å². The molecule has 0 unspecified atom stereocenters. The summed E-state index contributed by atoms with van der Waals surface area (Å²) in [6.07, 6.45) is 2.91. The smallest absolute Gasteiger partial charge is 0.249 e. The van der Waals surface area contributed by atoms with Crippen molar-refractivity contribution in [1.29, 1.82) is 0 Å². The molecule has 17 heavy (non-hydrogen) atoms. The molecule has 0 spiro atoms. The second kappa shape index (κ2) is 4.47. The summed E-state index contributed by atoms with van der Waals surface area (Å²) in [5.41, 5.74) is 6.14. The Hall–Kier alpha value is -1.39. The van der Waals surface area contributed by atoms with Crippen LogP contribution in [0.3, 0.4) is 0 Å². The lowest BCUT2D eigenvalue weighted by Crippen LogP contribution is -2.42. The quantitative estimate of drug-likeness (QED) is 0.865. The number of rotatable bonds is 2. The Morgan fingerprint density at radius 3 is 2.82 bits per heavy atom. The van der Waals surface area contributed by atoms with E-state index in [0.29, 0.717) is 18.7 Å². The third kappa shape index (κ3) is 2.84. The highest BCUT2D eigenvalue weighted by atomic mass is 19.3. The summed E-state index contributed by atoms with van der Waals surface area (Å²) >= 11 is 0. The van der Waals surface area contributed by atoms with Crippen LogP contribution >= 0.6 is 0 Å². The number of piperidine rings is 1. The molecule has 5 heteroatoms. The summed E-state index contributed by atoms with van der Waals surface area (Å²) in [6, 6.07) is 3.53. The van der Waals surface area contributed by atoms with Gasteiger partial charge in [0.15, 0.2) is 0 Å². The van der Waals surface area contributed by atoms with Gasteiger partial charge in [-0.2, -0.15) is 0 Å². The van der Waals surface area contributed by atoms with Crippen LogP contribution in [0.25, 0.3) is 0 Å². The first-order chi connectivity index (χ1) is 7.97. The average Bonchev–Trinajstić information content (AvgIpc) is 2.29. The Morgan fingerprint density at radius 1 is 1.47 bits per heavy atom. The Labute approximate surface area is 99.6 Å². The van der Waals surface area contributed by atoms with Crippen molar-refractivity contribution in [3.05, 3.63) is 18.3 Å². The van der Waals surface area contributed by atoms with E-state index >= 15 is 0 Å². The average molecular weight is 241 g/mol. The van der Waals surface area contributed by atoms with E-state index in [1.54, 1.807) is 18.3 Å². The van der Waals surface area contributed by atoms with Crippen LogP contribution in [0.5, 0.6) is 0 Å². The van der Waals surface area contributed by atoms with Gasteiger partial charge in [-0.25, -0.2) is 13.8 Å². The molecule has 0 aliphatic carbocycles. The van der Waals surface area contributed by atoms with Crippen LogP contribution in [-0.2, 0) is 0 Å². The molecule has 0 amide bonds. The number of halogens is 2. The number of nitrogens with two attached hydrogens (primary N) is 1. The summed E-state index contributed by atoms with van der Waals surface area (Å²) in [5.74, 6) is -2.48. The number of pyridine rings is 1. The van der Waals surface area contributed by atoms with Crippen molar-refractivity contribution < 1.29 is 8.78 Å². The van der Waals surface area contributed by atoms with Crippen molar-refractivity contribution in [3.8, 4) is 0 Å². The monoisotopic (exact) mass is 241 g/mol. The molecule has 1 aliphatic rings. The van der Waals surface area contributed by atoms with Crippen molar-refractivity contribution in [1.82, 2.24) is 4.98 Å². The Morgan fingerprint density at radius 2 is 2.24 bits per heavy atom. The van der Waals surface area contributed by atoms with E-state index in [1.807, 2.05) is 4.90 Å². The number of hydrogen-bond donors (Lipinski definition) is 1. The van der Waals surface area contributed by atoms with E-state index in [9.17, 15) is 8.78 Å². The minimum Gasteiger partial charge on any atom is -0.397 e.